The third-order valence-corrected chi connectivity index (χ3v) is 4.27. The summed E-state index contributed by atoms with van der Waals surface area (Å²) in [5.74, 6) is -0.307. The van der Waals surface area contributed by atoms with Gasteiger partial charge in [-0.2, -0.15) is 5.26 Å². The van der Waals surface area contributed by atoms with Gasteiger partial charge in [0.05, 0.1) is 0 Å². The van der Waals surface area contributed by atoms with E-state index in [2.05, 4.69) is 4.98 Å². The van der Waals surface area contributed by atoms with Gasteiger partial charge in [0.2, 0.25) is 0 Å². The molecule has 0 unspecified atom stereocenters. The fourth-order valence-corrected chi connectivity index (χ4v) is 3.18. The second-order valence-corrected chi connectivity index (χ2v) is 5.32. The van der Waals surface area contributed by atoms with Crippen LogP contribution in [-0.4, -0.2) is 16.1 Å². The lowest BCUT2D eigenvalue weighted by Crippen LogP contribution is -1.91. The smallest absolute Gasteiger partial charge is 0.345 e. The molecule has 0 fully saturated rings. The van der Waals surface area contributed by atoms with Crippen LogP contribution in [0.25, 0.3) is 0 Å². The maximum absolute atomic E-state index is 10.7. The Bertz CT molecular complexity index is 617. The highest BCUT2D eigenvalue weighted by Crippen LogP contribution is 2.28. The number of hydrogen-bond donors (Lipinski definition) is 1. The molecule has 0 aliphatic heterocycles. The molecule has 2 aromatic rings. The number of carbonyl (C=O) groups is 1. The number of thioether (sulfide) groups is 1. The summed E-state index contributed by atoms with van der Waals surface area (Å²) in [6.45, 7) is 0. The summed E-state index contributed by atoms with van der Waals surface area (Å²) in [6, 6.07) is 7.31. The lowest BCUT2D eigenvalue weighted by molar-refractivity contribution is 0.0702. The van der Waals surface area contributed by atoms with E-state index in [0.717, 1.165) is 10.5 Å². The maximum Gasteiger partial charge on any atom is 0.345 e. The van der Waals surface area contributed by atoms with Crippen molar-refractivity contribution in [3.05, 3.63) is 45.9 Å². The Morgan fingerprint density at radius 1 is 1.61 bits per heavy atom. The first-order chi connectivity index (χ1) is 8.70. The van der Waals surface area contributed by atoms with Crippen LogP contribution in [0.5, 0.6) is 0 Å². The number of aromatic nitrogens is 1. The molecular weight excluding hydrogens is 268 g/mol. The number of nitriles is 1. The molecule has 2 aromatic heterocycles. The van der Waals surface area contributed by atoms with Crippen molar-refractivity contribution < 1.29 is 9.90 Å². The summed E-state index contributed by atoms with van der Waals surface area (Å²) in [5, 5.41) is 19.5. The molecule has 0 aliphatic carbocycles. The fourth-order valence-electron chi connectivity index (χ4n) is 1.32. The Balaban J connectivity index is 2.07. The second kappa shape index (κ2) is 5.67. The SMILES string of the molecule is N#Cc1ncccc1CSc1csc(C(=O)O)c1. The molecule has 0 radical (unpaired) electrons. The van der Waals surface area contributed by atoms with Gasteiger partial charge in [0, 0.05) is 22.2 Å². The average Bonchev–Trinajstić information content (AvgIpc) is 2.85. The van der Waals surface area contributed by atoms with Crippen LogP contribution in [0.2, 0.25) is 0 Å². The molecule has 6 heteroatoms. The van der Waals surface area contributed by atoms with E-state index in [9.17, 15) is 4.79 Å². The van der Waals surface area contributed by atoms with E-state index in [4.69, 9.17) is 10.4 Å². The maximum atomic E-state index is 10.7. The predicted octanol–water partition coefficient (Wildman–Crippen LogP) is 3.01. The molecule has 0 aliphatic rings. The van der Waals surface area contributed by atoms with Gasteiger partial charge in [-0.15, -0.1) is 23.1 Å². The zero-order valence-electron chi connectivity index (χ0n) is 9.16. The third-order valence-electron chi connectivity index (χ3n) is 2.18. The van der Waals surface area contributed by atoms with Crippen molar-refractivity contribution in [2.24, 2.45) is 0 Å². The number of carboxylic acid groups (broad SMARTS) is 1. The van der Waals surface area contributed by atoms with Gasteiger partial charge < -0.3 is 5.11 Å². The van der Waals surface area contributed by atoms with Crippen LogP contribution in [-0.2, 0) is 5.75 Å². The molecule has 18 heavy (non-hydrogen) atoms. The van der Waals surface area contributed by atoms with Gasteiger partial charge in [0.1, 0.15) is 16.6 Å². The number of pyridine rings is 1. The van der Waals surface area contributed by atoms with Crippen LogP contribution in [0, 0.1) is 11.3 Å². The number of rotatable bonds is 4. The predicted molar refractivity (Wildman–Crippen MR) is 69.8 cm³/mol. The largest absolute Gasteiger partial charge is 0.477 e. The van der Waals surface area contributed by atoms with Gasteiger partial charge in [-0.3, -0.25) is 0 Å². The molecule has 0 saturated carbocycles. The summed E-state index contributed by atoms with van der Waals surface area (Å²) in [5.41, 5.74) is 1.27. The van der Waals surface area contributed by atoms with Gasteiger partial charge in [-0.25, -0.2) is 9.78 Å². The Labute approximate surface area is 112 Å². The highest BCUT2D eigenvalue weighted by atomic mass is 32.2. The van der Waals surface area contributed by atoms with Crippen molar-refractivity contribution in [2.75, 3.05) is 0 Å². The summed E-state index contributed by atoms with van der Waals surface area (Å²) >= 11 is 2.70. The first-order valence-electron chi connectivity index (χ1n) is 4.99. The van der Waals surface area contributed by atoms with Crippen molar-refractivity contribution in [1.82, 2.24) is 4.98 Å². The first kappa shape index (κ1) is 12.6. The Hall–Kier alpha value is -1.84. The lowest BCUT2D eigenvalue weighted by Gasteiger charge is -2.00. The van der Waals surface area contributed by atoms with Crippen molar-refractivity contribution in [2.45, 2.75) is 10.6 Å². The normalized spacial score (nSPS) is 9.94. The van der Waals surface area contributed by atoms with Crippen molar-refractivity contribution in [1.29, 1.82) is 5.26 Å². The van der Waals surface area contributed by atoms with Crippen LogP contribution in [0.4, 0.5) is 0 Å². The van der Waals surface area contributed by atoms with E-state index in [0.29, 0.717) is 16.3 Å². The van der Waals surface area contributed by atoms with E-state index >= 15 is 0 Å². The minimum atomic E-state index is -0.911. The van der Waals surface area contributed by atoms with Crippen LogP contribution in [0.1, 0.15) is 20.9 Å². The fraction of sp³-hybridized carbons (Fsp3) is 0.0833. The molecule has 90 valence electrons. The quantitative estimate of drug-likeness (QED) is 0.869. The second-order valence-electron chi connectivity index (χ2n) is 3.36. The first-order valence-corrected chi connectivity index (χ1v) is 6.86. The van der Waals surface area contributed by atoms with Crippen LogP contribution in [0.15, 0.2) is 34.7 Å². The molecule has 4 nitrogen and oxygen atoms in total. The number of hydrogen-bond acceptors (Lipinski definition) is 5. The number of carboxylic acids is 1. The number of thiophene rings is 1. The Kier molecular flexibility index (Phi) is 3.97. The van der Waals surface area contributed by atoms with Crippen LogP contribution >= 0.6 is 23.1 Å². The molecule has 0 aromatic carbocycles. The van der Waals surface area contributed by atoms with Gasteiger partial charge in [-0.1, -0.05) is 6.07 Å². The van der Waals surface area contributed by atoms with Crippen LogP contribution in [0.3, 0.4) is 0 Å². The van der Waals surface area contributed by atoms with Crippen molar-refractivity contribution >= 4 is 29.1 Å². The van der Waals surface area contributed by atoms with E-state index in [1.807, 2.05) is 12.1 Å². The Morgan fingerprint density at radius 3 is 3.11 bits per heavy atom. The summed E-state index contributed by atoms with van der Waals surface area (Å²) < 4.78 is 0. The Morgan fingerprint density at radius 2 is 2.44 bits per heavy atom. The average molecular weight is 276 g/mol. The van der Waals surface area contributed by atoms with Gasteiger partial charge in [-0.05, 0) is 17.7 Å². The zero-order valence-corrected chi connectivity index (χ0v) is 10.8. The van der Waals surface area contributed by atoms with E-state index in [-0.39, 0.29) is 0 Å². The van der Waals surface area contributed by atoms with Gasteiger partial charge >= 0.3 is 5.97 Å². The molecule has 0 spiro atoms. The molecule has 0 saturated heterocycles. The van der Waals surface area contributed by atoms with E-state index in [1.54, 1.807) is 23.7 Å². The third kappa shape index (κ3) is 2.88. The highest BCUT2D eigenvalue weighted by Gasteiger charge is 2.08. The highest BCUT2D eigenvalue weighted by molar-refractivity contribution is 7.98. The minimum absolute atomic E-state index is 0.323. The number of nitrogens with zero attached hydrogens (tertiary/aromatic N) is 2. The zero-order chi connectivity index (χ0) is 13.0. The van der Waals surface area contributed by atoms with Gasteiger partial charge in [0.15, 0.2) is 0 Å². The lowest BCUT2D eigenvalue weighted by atomic mass is 10.2. The standard InChI is InChI=1S/C12H8N2O2S2/c13-5-10-8(2-1-3-14-10)6-17-9-4-11(12(15)16)18-7-9/h1-4,7H,6H2,(H,15,16). The van der Waals surface area contributed by atoms with Gasteiger partial charge in [0.25, 0.3) is 0 Å². The van der Waals surface area contributed by atoms with Crippen LogP contribution < -0.4 is 0 Å². The molecule has 2 heterocycles. The molecule has 1 N–H and O–H groups in total. The van der Waals surface area contributed by atoms with E-state index in [1.165, 1.54) is 23.1 Å². The molecular formula is C12H8N2O2S2. The molecule has 0 amide bonds. The van der Waals surface area contributed by atoms with Crippen molar-refractivity contribution in [3.8, 4) is 6.07 Å². The molecule has 2 rings (SSSR count). The van der Waals surface area contributed by atoms with E-state index < -0.39 is 5.97 Å². The molecule has 0 bridgehead atoms. The van der Waals surface area contributed by atoms with Crippen molar-refractivity contribution in [3.63, 3.8) is 0 Å². The molecule has 0 atom stereocenters. The summed E-state index contributed by atoms with van der Waals surface area (Å²) in [4.78, 5) is 15.9. The number of aromatic carboxylic acids is 1. The summed E-state index contributed by atoms with van der Waals surface area (Å²) in [7, 11) is 0. The topological polar surface area (TPSA) is 74.0 Å². The monoisotopic (exact) mass is 276 g/mol. The summed E-state index contributed by atoms with van der Waals surface area (Å²) in [6.07, 6.45) is 1.58. The minimum Gasteiger partial charge on any atom is -0.477 e.